The molecule has 4 rings (SSSR count). The predicted molar refractivity (Wildman–Crippen MR) is 109 cm³/mol. The lowest BCUT2D eigenvalue weighted by Crippen LogP contribution is -2.25. The number of alkyl halides is 3. The summed E-state index contributed by atoms with van der Waals surface area (Å²) in [6.07, 6.45) is -0.127. The molecule has 1 unspecified atom stereocenters. The van der Waals surface area contributed by atoms with Crippen LogP contribution in [0.2, 0.25) is 10.0 Å². The maximum Gasteiger partial charge on any atom is 0.432 e. The van der Waals surface area contributed by atoms with E-state index in [0.29, 0.717) is 32.6 Å². The third kappa shape index (κ3) is 4.52. The second-order valence-electron chi connectivity index (χ2n) is 6.25. The number of anilines is 1. The third-order valence-corrected chi connectivity index (χ3v) is 5.72. The Balaban J connectivity index is 1.54. The average molecular weight is 458 g/mol. The minimum atomic E-state index is -4.45. The fourth-order valence-corrected chi connectivity index (χ4v) is 4.19. The second-order valence-corrected chi connectivity index (χ2v) is 8.15. The van der Waals surface area contributed by atoms with E-state index in [1.54, 1.807) is 12.1 Å². The van der Waals surface area contributed by atoms with Crippen LogP contribution in [0.15, 0.2) is 41.3 Å². The van der Waals surface area contributed by atoms with Crippen molar-refractivity contribution >= 4 is 56.9 Å². The highest BCUT2D eigenvalue weighted by Crippen LogP contribution is 2.31. The van der Waals surface area contributed by atoms with Gasteiger partial charge in [0.05, 0.1) is 6.04 Å². The Morgan fingerprint density at radius 2 is 2.03 bits per heavy atom. The van der Waals surface area contributed by atoms with Gasteiger partial charge in [0.25, 0.3) is 0 Å². The number of rotatable bonds is 4. The van der Waals surface area contributed by atoms with Gasteiger partial charge in [-0.2, -0.15) is 13.2 Å². The molecule has 29 heavy (non-hydrogen) atoms. The number of hydrogen-bond acceptors (Lipinski definition) is 6. The lowest BCUT2D eigenvalue weighted by Gasteiger charge is -2.18. The first-order chi connectivity index (χ1) is 13.8. The fraction of sp³-hybridized carbons (Fsp3) is 0.222. The number of nitrogens with zero attached hydrogens (tertiary/aromatic N) is 4. The summed E-state index contributed by atoms with van der Waals surface area (Å²) in [5.41, 5.74) is 0.539. The molecule has 0 spiro atoms. The fourth-order valence-electron chi connectivity index (χ4n) is 2.79. The number of hydrogen-bond donors (Lipinski definition) is 1. The van der Waals surface area contributed by atoms with Crippen molar-refractivity contribution in [3.05, 3.63) is 56.9 Å². The molecule has 3 aromatic rings. The van der Waals surface area contributed by atoms with E-state index in [2.05, 4.69) is 25.3 Å². The molecule has 0 amide bonds. The lowest BCUT2D eigenvalue weighted by molar-refractivity contribution is -0.0927. The Morgan fingerprint density at radius 3 is 2.72 bits per heavy atom. The van der Waals surface area contributed by atoms with Crippen molar-refractivity contribution in [1.82, 2.24) is 15.0 Å². The summed E-state index contributed by atoms with van der Waals surface area (Å²) in [7, 11) is 0. The molecule has 1 aliphatic rings. The van der Waals surface area contributed by atoms with Crippen molar-refractivity contribution in [2.24, 2.45) is 4.99 Å². The highest BCUT2D eigenvalue weighted by Gasteiger charge is 2.34. The molecule has 0 saturated heterocycles. The first kappa shape index (κ1) is 20.1. The van der Waals surface area contributed by atoms with Crippen molar-refractivity contribution in [1.29, 1.82) is 0 Å². The van der Waals surface area contributed by atoms with Crippen LogP contribution in [0.3, 0.4) is 0 Å². The van der Waals surface area contributed by atoms with Crippen LogP contribution < -0.4 is 5.32 Å². The van der Waals surface area contributed by atoms with Crippen LogP contribution >= 0.6 is 34.5 Å². The molecule has 0 fully saturated rings. The number of thiazole rings is 1. The van der Waals surface area contributed by atoms with E-state index in [1.165, 1.54) is 23.9 Å². The summed E-state index contributed by atoms with van der Waals surface area (Å²) in [6.45, 7) is 0. The maximum atomic E-state index is 12.7. The molecule has 1 aromatic carbocycles. The Labute approximate surface area is 177 Å². The molecule has 11 heteroatoms. The van der Waals surface area contributed by atoms with Crippen LogP contribution in [0.1, 0.15) is 17.0 Å². The summed E-state index contributed by atoms with van der Waals surface area (Å²) in [4.78, 5) is 17.2. The minimum Gasteiger partial charge on any atom is -0.360 e. The first-order valence-corrected chi connectivity index (χ1v) is 9.99. The summed E-state index contributed by atoms with van der Waals surface area (Å²) in [6, 6.07) is 4.84. The van der Waals surface area contributed by atoms with Crippen molar-refractivity contribution < 1.29 is 13.2 Å². The number of aromatic nitrogens is 3. The van der Waals surface area contributed by atoms with Crippen molar-refractivity contribution in [3.63, 3.8) is 0 Å². The zero-order valence-corrected chi connectivity index (χ0v) is 16.9. The normalized spacial score (nSPS) is 16.9. The first-order valence-electron chi connectivity index (χ1n) is 8.42. The molecule has 5 nitrogen and oxygen atoms in total. The van der Waals surface area contributed by atoms with Gasteiger partial charge in [0.15, 0.2) is 5.82 Å². The van der Waals surface area contributed by atoms with Gasteiger partial charge in [-0.05, 0) is 24.1 Å². The molecule has 0 saturated carbocycles. The highest BCUT2D eigenvalue weighted by molar-refractivity contribution is 7.18. The Kier molecular flexibility index (Phi) is 5.46. The number of allylic oxidation sites excluding steroid dienone is 1. The van der Waals surface area contributed by atoms with E-state index in [0.717, 1.165) is 16.6 Å². The highest BCUT2D eigenvalue weighted by atomic mass is 35.5. The third-order valence-electron chi connectivity index (χ3n) is 4.17. The molecule has 1 atom stereocenters. The smallest absolute Gasteiger partial charge is 0.360 e. The molecule has 0 aliphatic carbocycles. The SMILES string of the molecule is FC(F)(F)C1=CCC(Nc2ncnc3sc(Cc4ccc(Cl)cc4Cl)nc23)C=N1. The van der Waals surface area contributed by atoms with Crippen LogP contribution in [0, 0.1) is 0 Å². The summed E-state index contributed by atoms with van der Waals surface area (Å²) < 4.78 is 38.1. The van der Waals surface area contributed by atoms with Gasteiger partial charge in [-0.25, -0.2) is 15.0 Å². The Morgan fingerprint density at radius 1 is 1.21 bits per heavy atom. The molecule has 0 radical (unpaired) electrons. The number of halogens is 5. The number of aliphatic imine (C=N–C) groups is 1. The van der Waals surface area contributed by atoms with Gasteiger partial charge in [-0.3, -0.25) is 4.99 Å². The standard InChI is InChI=1S/C18H12Cl2F3N5S/c19-10-2-1-9(12(20)6-10)5-14-28-15-16(25-8-26-17(15)29-14)27-11-3-4-13(24-7-11)18(21,22)23/h1-2,4,6-8,11H,3,5H2,(H,25,26,27). The van der Waals surface area contributed by atoms with E-state index in [4.69, 9.17) is 23.2 Å². The van der Waals surface area contributed by atoms with Gasteiger partial charge in [0.2, 0.25) is 0 Å². The van der Waals surface area contributed by atoms with E-state index in [-0.39, 0.29) is 6.42 Å². The van der Waals surface area contributed by atoms with Crippen LogP contribution in [0.4, 0.5) is 19.0 Å². The van der Waals surface area contributed by atoms with Crippen LogP contribution in [0.5, 0.6) is 0 Å². The van der Waals surface area contributed by atoms with Crippen molar-refractivity contribution in [2.75, 3.05) is 5.32 Å². The van der Waals surface area contributed by atoms with Crippen LogP contribution in [-0.2, 0) is 6.42 Å². The van der Waals surface area contributed by atoms with E-state index >= 15 is 0 Å². The maximum absolute atomic E-state index is 12.7. The lowest BCUT2D eigenvalue weighted by atomic mass is 10.1. The van der Waals surface area contributed by atoms with Crippen molar-refractivity contribution in [3.8, 4) is 0 Å². The molecule has 1 aliphatic heterocycles. The molecule has 150 valence electrons. The quantitative estimate of drug-likeness (QED) is 0.546. The summed E-state index contributed by atoms with van der Waals surface area (Å²) in [5.74, 6) is 0.444. The zero-order valence-electron chi connectivity index (χ0n) is 14.5. The zero-order chi connectivity index (χ0) is 20.6. The molecular weight excluding hydrogens is 446 g/mol. The van der Waals surface area contributed by atoms with Crippen LogP contribution in [-0.4, -0.2) is 33.4 Å². The molecule has 2 aromatic heterocycles. The molecule has 1 N–H and O–H groups in total. The van der Waals surface area contributed by atoms with E-state index in [9.17, 15) is 13.2 Å². The minimum absolute atomic E-state index is 0.140. The summed E-state index contributed by atoms with van der Waals surface area (Å²) >= 11 is 13.6. The Hall–Kier alpha value is -2.23. The summed E-state index contributed by atoms with van der Waals surface area (Å²) in [5, 5.41) is 4.96. The number of benzene rings is 1. The van der Waals surface area contributed by atoms with Gasteiger partial charge >= 0.3 is 6.18 Å². The predicted octanol–water partition coefficient (Wildman–Crippen LogP) is 5.69. The van der Waals surface area contributed by atoms with Gasteiger partial charge in [-0.1, -0.05) is 46.7 Å². The van der Waals surface area contributed by atoms with E-state index in [1.807, 2.05) is 6.07 Å². The largest absolute Gasteiger partial charge is 0.432 e. The van der Waals surface area contributed by atoms with Crippen LogP contribution in [0.25, 0.3) is 10.3 Å². The van der Waals surface area contributed by atoms with E-state index < -0.39 is 17.9 Å². The van der Waals surface area contributed by atoms with Gasteiger partial charge < -0.3 is 5.32 Å². The average Bonchev–Trinajstić information content (AvgIpc) is 3.07. The topological polar surface area (TPSA) is 63.1 Å². The molecule has 3 heterocycles. The monoisotopic (exact) mass is 457 g/mol. The second kappa shape index (κ2) is 7.89. The molecule has 0 bridgehead atoms. The van der Waals surface area contributed by atoms with Gasteiger partial charge in [-0.15, -0.1) is 0 Å². The molecular formula is C18H12Cl2F3N5S. The van der Waals surface area contributed by atoms with Gasteiger partial charge in [0, 0.05) is 22.7 Å². The van der Waals surface area contributed by atoms with Gasteiger partial charge in [0.1, 0.15) is 27.4 Å². The van der Waals surface area contributed by atoms with Crippen molar-refractivity contribution in [2.45, 2.75) is 25.1 Å². The Bertz CT molecular complexity index is 1130. The number of fused-ring (bicyclic) bond motifs is 1. The number of nitrogens with one attached hydrogen (secondary N) is 1.